The molecule has 1 aliphatic rings. The highest BCUT2D eigenvalue weighted by Gasteiger charge is 2.30. The molecule has 1 aromatic carbocycles. The Morgan fingerprint density at radius 1 is 1.25 bits per heavy atom. The third kappa shape index (κ3) is 4.16. The van der Waals surface area contributed by atoms with Gasteiger partial charge in [0.15, 0.2) is 0 Å². The van der Waals surface area contributed by atoms with Gasteiger partial charge in [0, 0.05) is 36.5 Å². The van der Waals surface area contributed by atoms with Crippen LogP contribution in [0.2, 0.25) is 0 Å². The molecule has 0 bridgehead atoms. The summed E-state index contributed by atoms with van der Waals surface area (Å²) in [5.74, 6) is -0.329. The van der Waals surface area contributed by atoms with Crippen molar-refractivity contribution in [2.75, 3.05) is 18.4 Å². The molecular formula is C20H22N4O4. The van der Waals surface area contributed by atoms with Gasteiger partial charge in [0.25, 0.3) is 11.6 Å². The van der Waals surface area contributed by atoms with E-state index in [1.807, 2.05) is 13.0 Å². The Morgan fingerprint density at radius 2 is 2.04 bits per heavy atom. The number of hydrogen-bond acceptors (Lipinski definition) is 5. The Bertz CT molecular complexity index is 911. The van der Waals surface area contributed by atoms with E-state index in [0.717, 1.165) is 5.56 Å². The minimum Gasteiger partial charge on any atom is -0.338 e. The number of rotatable bonds is 4. The molecule has 2 heterocycles. The van der Waals surface area contributed by atoms with Crippen LogP contribution >= 0.6 is 0 Å². The van der Waals surface area contributed by atoms with Crippen molar-refractivity contribution in [2.45, 2.75) is 26.7 Å². The van der Waals surface area contributed by atoms with Crippen molar-refractivity contribution in [1.82, 2.24) is 9.88 Å². The molecule has 3 rings (SSSR count). The van der Waals surface area contributed by atoms with E-state index < -0.39 is 4.92 Å². The standard InChI is InChI=1S/C20H22N4O4/c1-13-8-9-18(21-11-13)22-19(25)15-5-4-10-23(12-15)20(26)16-6-3-7-17(14(16)2)24(27)28/h3,6-9,11,15H,4-5,10,12H2,1-2H3,(H,21,22,25). The number of benzene rings is 1. The lowest BCUT2D eigenvalue weighted by atomic mass is 9.95. The summed E-state index contributed by atoms with van der Waals surface area (Å²) < 4.78 is 0. The fourth-order valence-electron chi connectivity index (χ4n) is 3.37. The Kier molecular flexibility index (Phi) is 5.67. The number of aromatic nitrogens is 1. The number of piperidine rings is 1. The molecule has 2 amide bonds. The van der Waals surface area contributed by atoms with E-state index in [4.69, 9.17) is 0 Å². The first-order valence-corrected chi connectivity index (χ1v) is 9.13. The second-order valence-corrected chi connectivity index (χ2v) is 7.01. The average Bonchev–Trinajstić information content (AvgIpc) is 2.69. The van der Waals surface area contributed by atoms with Crippen LogP contribution in [0.4, 0.5) is 11.5 Å². The van der Waals surface area contributed by atoms with E-state index in [0.29, 0.717) is 36.3 Å². The minimum atomic E-state index is -0.493. The summed E-state index contributed by atoms with van der Waals surface area (Å²) in [4.78, 5) is 41.9. The number of anilines is 1. The summed E-state index contributed by atoms with van der Waals surface area (Å²) in [5.41, 5.74) is 1.56. The number of aryl methyl sites for hydroxylation is 1. The van der Waals surface area contributed by atoms with Gasteiger partial charge in [-0.25, -0.2) is 4.98 Å². The topological polar surface area (TPSA) is 105 Å². The van der Waals surface area contributed by atoms with Gasteiger partial charge in [0.2, 0.25) is 5.91 Å². The van der Waals surface area contributed by atoms with Gasteiger partial charge >= 0.3 is 0 Å². The molecule has 146 valence electrons. The van der Waals surface area contributed by atoms with Gasteiger partial charge in [-0.2, -0.15) is 0 Å². The van der Waals surface area contributed by atoms with Gasteiger partial charge in [-0.1, -0.05) is 12.1 Å². The number of amides is 2. The van der Waals surface area contributed by atoms with Gasteiger partial charge in [-0.3, -0.25) is 19.7 Å². The lowest BCUT2D eigenvalue weighted by Crippen LogP contribution is -2.44. The van der Waals surface area contributed by atoms with Gasteiger partial charge in [-0.05, 0) is 44.4 Å². The van der Waals surface area contributed by atoms with Crippen molar-refractivity contribution < 1.29 is 14.5 Å². The second kappa shape index (κ2) is 8.16. The number of likely N-dealkylation sites (tertiary alicyclic amines) is 1. The SMILES string of the molecule is Cc1ccc(NC(=O)C2CCCN(C(=O)c3cccc([N+](=O)[O-])c3C)C2)nc1. The average molecular weight is 382 g/mol. The molecule has 28 heavy (non-hydrogen) atoms. The van der Waals surface area contributed by atoms with Gasteiger partial charge < -0.3 is 10.2 Å². The van der Waals surface area contributed by atoms with Crippen molar-refractivity contribution in [2.24, 2.45) is 5.92 Å². The Morgan fingerprint density at radius 3 is 2.71 bits per heavy atom. The van der Waals surface area contributed by atoms with Gasteiger partial charge in [0.05, 0.1) is 10.8 Å². The van der Waals surface area contributed by atoms with Crippen LogP contribution < -0.4 is 5.32 Å². The van der Waals surface area contributed by atoms with Crippen molar-refractivity contribution in [3.63, 3.8) is 0 Å². The first-order chi connectivity index (χ1) is 13.4. The predicted octanol–water partition coefficient (Wildman–Crippen LogP) is 3.10. The Balaban J connectivity index is 1.71. The number of nitro groups is 1. The highest BCUT2D eigenvalue weighted by Crippen LogP contribution is 2.25. The number of pyridine rings is 1. The maximum atomic E-state index is 12.9. The van der Waals surface area contributed by atoms with Crippen LogP contribution in [-0.2, 0) is 4.79 Å². The lowest BCUT2D eigenvalue weighted by molar-refractivity contribution is -0.385. The van der Waals surface area contributed by atoms with E-state index in [1.165, 1.54) is 12.1 Å². The van der Waals surface area contributed by atoms with Crippen LogP contribution in [0.3, 0.4) is 0 Å². The molecule has 1 saturated heterocycles. The molecule has 1 aliphatic heterocycles. The van der Waals surface area contributed by atoms with E-state index in [-0.39, 0.29) is 30.0 Å². The zero-order chi connectivity index (χ0) is 20.3. The molecule has 0 spiro atoms. The largest absolute Gasteiger partial charge is 0.338 e. The van der Waals surface area contributed by atoms with Crippen LogP contribution in [-0.4, -0.2) is 39.7 Å². The quantitative estimate of drug-likeness (QED) is 0.646. The first-order valence-electron chi connectivity index (χ1n) is 9.13. The number of nitrogens with zero attached hydrogens (tertiary/aromatic N) is 3. The Labute approximate surface area is 162 Å². The number of carbonyl (C=O) groups is 2. The number of nitrogens with one attached hydrogen (secondary N) is 1. The fourth-order valence-corrected chi connectivity index (χ4v) is 3.37. The number of carbonyl (C=O) groups excluding carboxylic acids is 2. The van der Waals surface area contributed by atoms with Crippen LogP contribution in [0, 0.1) is 29.9 Å². The number of hydrogen-bond donors (Lipinski definition) is 1. The summed E-state index contributed by atoms with van der Waals surface area (Å²) in [6, 6.07) is 8.09. The van der Waals surface area contributed by atoms with Gasteiger partial charge in [0.1, 0.15) is 5.82 Å². The van der Waals surface area contributed by atoms with E-state index in [9.17, 15) is 19.7 Å². The summed E-state index contributed by atoms with van der Waals surface area (Å²) in [7, 11) is 0. The molecule has 0 aliphatic carbocycles. The normalized spacial score (nSPS) is 16.5. The highest BCUT2D eigenvalue weighted by atomic mass is 16.6. The number of nitro benzene ring substituents is 1. The molecule has 1 fully saturated rings. The molecule has 8 nitrogen and oxygen atoms in total. The zero-order valence-corrected chi connectivity index (χ0v) is 15.8. The third-order valence-electron chi connectivity index (χ3n) is 4.97. The zero-order valence-electron chi connectivity index (χ0n) is 15.8. The van der Waals surface area contributed by atoms with Crippen molar-refractivity contribution in [3.8, 4) is 0 Å². The molecule has 1 atom stereocenters. The lowest BCUT2D eigenvalue weighted by Gasteiger charge is -2.32. The van der Waals surface area contributed by atoms with E-state index in [1.54, 1.807) is 30.2 Å². The van der Waals surface area contributed by atoms with Gasteiger partial charge in [-0.15, -0.1) is 0 Å². The monoisotopic (exact) mass is 382 g/mol. The van der Waals surface area contributed by atoms with Crippen LogP contribution in [0.15, 0.2) is 36.5 Å². The summed E-state index contributed by atoms with van der Waals surface area (Å²) >= 11 is 0. The first kappa shape index (κ1) is 19.5. The molecule has 8 heteroatoms. The second-order valence-electron chi connectivity index (χ2n) is 7.01. The molecule has 1 aromatic heterocycles. The smallest absolute Gasteiger partial charge is 0.273 e. The van der Waals surface area contributed by atoms with E-state index >= 15 is 0 Å². The van der Waals surface area contributed by atoms with Crippen molar-refractivity contribution in [1.29, 1.82) is 0 Å². The van der Waals surface area contributed by atoms with E-state index in [2.05, 4.69) is 10.3 Å². The summed E-state index contributed by atoms with van der Waals surface area (Å²) in [6.45, 7) is 4.29. The highest BCUT2D eigenvalue weighted by molar-refractivity contribution is 5.97. The minimum absolute atomic E-state index is 0.0809. The molecule has 1 N–H and O–H groups in total. The fraction of sp³-hybridized carbons (Fsp3) is 0.350. The van der Waals surface area contributed by atoms with Crippen molar-refractivity contribution >= 4 is 23.3 Å². The Hall–Kier alpha value is -3.29. The molecule has 0 radical (unpaired) electrons. The summed E-state index contributed by atoms with van der Waals surface area (Å²) in [6.07, 6.45) is 3.05. The molecule has 1 unspecified atom stereocenters. The maximum absolute atomic E-state index is 12.9. The molecule has 0 saturated carbocycles. The summed E-state index contributed by atoms with van der Waals surface area (Å²) in [5, 5.41) is 13.9. The molecule has 2 aromatic rings. The van der Waals surface area contributed by atoms with Crippen molar-refractivity contribution in [3.05, 3.63) is 63.3 Å². The van der Waals surface area contributed by atoms with Crippen LogP contribution in [0.5, 0.6) is 0 Å². The molecular weight excluding hydrogens is 360 g/mol. The predicted molar refractivity (Wildman–Crippen MR) is 104 cm³/mol. The third-order valence-corrected chi connectivity index (χ3v) is 4.97. The van der Waals surface area contributed by atoms with Crippen LogP contribution in [0.1, 0.15) is 34.3 Å². The van der Waals surface area contributed by atoms with Crippen LogP contribution in [0.25, 0.3) is 0 Å². The maximum Gasteiger partial charge on any atom is 0.273 e.